The highest BCUT2D eigenvalue weighted by Crippen LogP contribution is 2.39. The molecule has 4 aromatic carbocycles. The topological polar surface area (TPSA) is 65.2 Å². The van der Waals surface area contributed by atoms with E-state index >= 15 is 0 Å². The molecule has 0 bridgehead atoms. The number of benzene rings is 4. The van der Waals surface area contributed by atoms with Gasteiger partial charge in [-0.3, -0.25) is 9.98 Å². The first kappa shape index (κ1) is 23.0. The van der Waals surface area contributed by atoms with Crippen LogP contribution < -0.4 is 0 Å². The third-order valence-electron chi connectivity index (χ3n) is 5.76. The largest absolute Gasteiger partial charge is 0.507 e. The van der Waals surface area contributed by atoms with Gasteiger partial charge in [-0.25, -0.2) is 0 Å². The molecule has 0 aliphatic heterocycles. The van der Waals surface area contributed by atoms with Gasteiger partial charge in [0.2, 0.25) is 0 Å². The van der Waals surface area contributed by atoms with Gasteiger partial charge in [-0.05, 0) is 75.2 Å². The summed E-state index contributed by atoms with van der Waals surface area (Å²) in [6.45, 7) is 7.87. The summed E-state index contributed by atoms with van der Waals surface area (Å²) in [5.41, 5.74) is 8.56. The number of aliphatic imine (C=N–C) groups is 2. The first-order valence-corrected chi connectivity index (χ1v) is 11.2. The average molecular weight is 449 g/mol. The fraction of sp³-hybridized carbons (Fsp3) is 0.133. The van der Waals surface area contributed by atoms with Crippen molar-refractivity contribution in [1.29, 1.82) is 0 Å². The van der Waals surface area contributed by atoms with Crippen molar-refractivity contribution >= 4 is 22.8 Å². The van der Waals surface area contributed by atoms with E-state index in [0.29, 0.717) is 11.1 Å². The number of para-hydroxylation sites is 2. The summed E-state index contributed by atoms with van der Waals surface area (Å²) in [4.78, 5) is 9.82. The van der Waals surface area contributed by atoms with Gasteiger partial charge < -0.3 is 10.2 Å². The lowest BCUT2D eigenvalue weighted by Crippen LogP contribution is -1.96. The Kier molecular flexibility index (Phi) is 6.60. The monoisotopic (exact) mass is 448 g/mol. The number of rotatable bonds is 5. The normalized spacial score (nSPS) is 12.1. The molecule has 0 saturated carbocycles. The molecule has 34 heavy (non-hydrogen) atoms. The second-order valence-electron chi connectivity index (χ2n) is 8.47. The molecule has 0 aliphatic rings. The Labute approximate surface area is 200 Å². The molecule has 2 N–H and O–H groups in total. The Balaban J connectivity index is 1.87. The third-order valence-corrected chi connectivity index (χ3v) is 5.76. The number of phenols is 2. The van der Waals surface area contributed by atoms with Crippen LogP contribution in [0, 0.1) is 13.8 Å². The van der Waals surface area contributed by atoms with Gasteiger partial charge >= 0.3 is 0 Å². The third kappa shape index (κ3) is 4.91. The van der Waals surface area contributed by atoms with Crippen LogP contribution in [-0.2, 0) is 0 Å². The molecule has 0 heterocycles. The van der Waals surface area contributed by atoms with E-state index in [4.69, 9.17) is 9.98 Å². The van der Waals surface area contributed by atoms with Crippen molar-refractivity contribution in [3.63, 3.8) is 0 Å². The van der Waals surface area contributed by atoms with E-state index < -0.39 is 0 Å². The van der Waals surface area contributed by atoms with Gasteiger partial charge in [0.25, 0.3) is 0 Å². The molecule has 4 nitrogen and oxygen atoms in total. The van der Waals surface area contributed by atoms with E-state index in [9.17, 15) is 10.2 Å². The van der Waals surface area contributed by atoms with Crippen molar-refractivity contribution in [1.82, 2.24) is 0 Å². The van der Waals surface area contributed by atoms with Gasteiger partial charge in [0.05, 0.1) is 11.4 Å². The van der Waals surface area contributed by atoms with Gasteiger partial charge in [-0.1, -0.05) is 48.5 Å². The van der Waals surface area contributed by atoms with E-state index in [2.05, 4.69) is 24.3 Å². The van der Waals surface area contributed by atoms with Gasteiger partial charge in [0.15, 0.2) is 0 Å². The number of aromatic hydroxyl groups is 2. The van der Waals surface area contributed by atoms with Crippen LogP contribution in [0.15, 0.2) is 94.9 Å². The van der Waals surface area contributed by atoms with Crippen LogP contribution in [0.4, 0.5) is 11.4 Å². The highest BCUT2D eigenvalue weighted by molar-refractivity contribution is 6.05. The number of aryl methyl sites for hydroxylation is 2. The van der Waals surface area contributed by atoms with Crippen molar-refractivity contribution in [3.8, 4) is 22.6 Å². The molecular weight excluding hydrogens is 420 g/mol. The molecule has 0 aliphatic carbocycles. The van der Waals surface area contributed by atoms with Gasteiger partial charge in [0.1, 0.15) is 11.5 Å². The zero-order valence-corrected chi connectivity index (χ0v) is 19.9. The Morgan fingerprint density at radius 3 is 1.32 bits per heavy atom. The van der Waals surface area contributed by atoms with Crippen LogP contribution in [0.5, 0.6) is 11.5 Å². The summed E-state index contributed by atoms with van der Waals surface area (Å²) in [5, 5.41) is 20.6. The first-order chi connectivity index (χ1) is 16.3. The molecule has 4 rings (SSSR count). The standard InChI is InChI=1S/C30H28N2O2/c1-19-13-15-25(27(17-19)31-21(3)23-9-5-7-11-29(23)33)26-16-14-20(2)18-28(26)32-22(4)24-10-6-8-12-30(24)34/h5-18,33-34H,1-4H3. The number of hydrogen-bond donors (Lipinski definition) is 2. The number of nitrogens with zero attached hydrogens (tertiary/aromatic N) is 2. The average Bonchev–Trinajstić information content (AvgIpc) is 2.80. The molecule has 0 atom stereocenters. The Hall–Kier alpha value is -4.18. The molecule has 0 radical (unpaired) electrons. The van der Waals surface area contributed by atoms with E-state index in [-0.39, 0.29) is 11.5 Å². The minimum atomic E-state index is 0.205. The van der Waals surface area contributed by atoms with Crippen LogP contribution >= 0.6 is 0 Å². The van der Waals surface area contributed by atoms with Crippen molar-refractivity contribution in [2.24, 2.45) is 9.98 Å². The highest BCUT2D eigenvalue weighted by atomic mass is 16.3. The van der Waals surface area contributed by atoms with Crippen LogP contribution in [0.3, 0.4) is 0 Å². The molecule has 0 saturated heterocycles. The quantitative estimate of drug-likeness (QED) is 0.308. The maximum absolute atomic E-state index is 10.3. The maximum Gasteiger partial charge on any atom is 0.124 e. The Bertz CT molecular complexity index is 1310. The zero-order valence-electron chi connectivity index (χ0n) is 19.9. The van der Waals surface area contributed by atoms with Crippen molar-refractivity contribution in [2.45, 2.75) is 27.7 Å². The number of hydrogen-bond acceptors (Lipinski definition) is 4. The van der Waals surface area contributed by atoms with Gasteiger partial charge in [-0.15, -0.1) is 0 Å². The Morgan fingerprint density at radius 1 is 0.559 bits per heavy atom. The van der Waals surface area contributed by atoms with Crippen LogP contribution in [0.1, 0.15) is 36.1 Å². The van der Waals surface area contributed by atoms with Crippen molar-refractivity contribution in [2.75, 3.05) is 0 Å². The molecule has 0 aromatic heterocycles. The number of phenolic OH excluding ortho intramolecular Hbond substituents is 2. The lowest BCUT2D eigenvalue weighted by atomic mass is 9.98. The molecule has 4 aromatic rings. The molecule has 170 valence electrons. The van der Waals surface area contributed by atoms with E-state index in [0.717, 1.165) is 45.1 Å². The van der Waals surface area contributed by atoms with Crippen LogP contribution in [0.2, 0.25) is 0 Å². The molecule has 0 amide bonds. The first-order valence-electron chi connectivity index (χ1n) is 11.2. The maximum atomic E-state index is 10.3. The second kappa shape index (κ2) is 9.75. The molecular formula is C30H28N2O2. The van der Waals surface area contributed by atoms with Crippen molar-refractivity contribution < 1.29 is 10.2 Å². The second-order valence-corrected chi connectivity index (χ2v) is 8.47. The zero-order chi connectivity index (χ0) is 24.2. The smallest absolute Gasteiger partial charge is 0.124 e. The molecule has 0 fully saturated rings. The van der Waals surface area contributed by atoms with E-state index in [1.165, 1.54) is 0 Å². The summed E-state index contributed by atoms with van der Waals surface area (Å²) in [6.07, 6.45) is 0. The predicted molar refractivity (Wildman–Crippen MR) is 141 cm³/mol. The highest BCUT2D eigenvalue weighted by Gasteiger charge is 2.13. The van der Waals surface area contributed by atoms with Gasteiger partial charge in [0, 0.05) is 33.7 Å². The minimum absolute atomic E-state index is 0.205. The Morgan fingerprint density at radius 2 is 0.941 bits per heavy atom. The fourth-order valence-corrected chi connectivity index (χ4v) is 3.96. The lowest BCUT2D eigenvalue weighted by molar-refractivity contribution is 0.473. The van der Waals surface area contributed by atoms with E-state index in [1.807, 2.05) is 64.1 Å². The SMILES string of the molecule is CC(=Nc1cc(C)ccc1-c1ccc(C)cc1N=C(C)c1ccccc1O)c1ccccc1O. The molecule has 4 heteroatoms. The summed E-state index contributed by atoms with van der Waals surface area (Å²) in [6, 6.07) is 26.8. The summed E-state index contributed by atoms with van der Waals surface area (Å²) in [7, 11) is 0. The van der Waals surface area contributed by atoms with E-state index in [1.54, 1.807) is 24.3 Å². The fourth-order valence-electron chi connectivity index (χ4n) is 3.96. The summed E-state index contributed by atoms with van der Waals surface area (Å²) in [5.74, 6) is 0.411. The molecule has 0 spiro atoms. The predicted octanol–water partition coefficient (Wildman–Crippen LogP) is 7.66. The van der Waals surface area contributed by atoms with Gasteiger partial charge in [-0.2, -0.15) is 0 Å². The minimum Gasteiger partial charge on any atom is -0.507 e. The van der Waals surface area contributed by atoms with Crippen LogP contribution in [-0.4, -0.2) is 21.6 Å². The summed E-state index contributed by atoms with van der Waals surface area (Å²) >= 11 is 0. The molecule has 0 unspecified atom stereocenters. The summed E-state index contributed by atoms with van der Waals surface area (Å²) < 4.78 is 0. The van der Waals surface area contributed by atoms with Crippen molar-refractivity contribution in [3.05, 3.63) is 107 Å². The van der Waals surface area contributed by atoms with Crippen LogP contribution in [0.25, 0.3) is 11.1 Å². The lowest BCUT2D eigenvalue weighted by Gasteiger charge is -2.13.